The summed E-state index contributed by atoms with van der Waals surface area (Å²) in [4.78, 5) is 10.9. The van der Waals surface area contributed by atoms with E-state index in [1.807, 2.05) is 6.92 Å². The Morgan fingerprint density at radius 3 is 2.77 bits per heavy atom. The van der Waals surface area contributed by atoms with Gasteiger partial charge in [0.2, 0.25) is 0 Å². The molecule has 0 fully saturated rings. The molecular weight excluding hydrogens is 168 g/mol. The topological polar surface area (TPSA) is 78.3 Å². The van der Waals surface area contributed by atoms with Crippen LogP contribution in [-0.4, -0.2) is 12.5 Å². The van der Waals surface area contributed by atoms with E-state index in [-0.39, 0.29) is 0 Å². The maximum Gasteiger partial charge on any atom is 0.252 e. The van der Waals surface area contributed by atoms with E-state index in [2.05, 4.69) is 0 Å². The van der Waals surface area contributed by atoms with Gasteiger partial charge in [0.15, 0.2) is 0 Å². The van der Waals surface area contributed by atoms with E-state index in [1.54, 1.807) is 12.1 Å². The second kappa shape index (κ2) is 3.80. The Morgan fingerprint density at radius 1 is 1.54 bits per heavy atom. The van der Waals surface area contributed by atoms with Gasteiger partial charge in [-0.15, -0.1) is 0 Å². The molecule has 1 aromatic carbocycles. The minimum Gasteiger partial charge on any atom is -0.493 e. The summed E-state index contributed by atoms with van der Waals surface area (Å²) < 4.78 is 5.20. The van der Waals surface area contributed by atoms with E-state index in [4.69, 9.17) is 16.2 Å². The summed E-state index contributed by atoms with van der Waals surface area (Å²) >= 11 is 0. The summed E-state index contributed by atoms with van der Waals surface area (Å²) in [6.45, 7) is 2.32. The monoisotopic (exact) mass is 180 g/mol. The van der Waals surface area contributed by atoms with Crippen LogP contribution >= 0.6 is 0 Å². The van der Waals surface area contributed by atoms with Crippen molar-refractivity contribution < 1.29 is 9.53 Å². The Morgan fingerprint density at radius 2 is 2.23 bits per heavy atom. The molecule has 1 aromatic rings. The van der Waals surface area contributed by atoms with Crippen LogP contribution in [0.5, 0.6) is 5.75 Å². The van der Waals surface area contributed by atoms with Crippen LogP contribution in [0.1, 0.15) is 17.3 Å². The van der Waals surface area contributed by atoms with Crippen molar-refractivity contribution in [3.05, 3.63) is 23.8 Å². The second-order valence-electron chi connectivity index (χ2n) is 2.55. The number of hydrogen-bond acceptors (Lipinski definition) is 3. The van der Waals surface area contributed by atoms with Gasteiger partial charge in [-0.25, -0.2) is 0 Å². The van der Waals surface area contributed by atoms with Crippen molar-refractivity contribution in [3.8, 4) is 5.75 Å². The largest absolute Gasteiger partial charge is 0.493 e. The number of carbonyl (C=O) groups is 1. The van der Waals surface area contributed by atoms with Crippen LogP contribution in [0.3, 0.4) is 0 Å². The third-order valence-electron chi connectivity index (χ3n) is 1.57. The Hall–Kier alpha value is -1.71. The second-order valence-corrected chi connectivity index (χ2v) is 2.55. The SMILES string of the molecule is CCOc1ccc(N)cc1C(N)=O. The van der Waals surface area contributed by atoms with Gasteiger partial charge in [-0.1, -0.05) is 0 Å². The highest BCUT2D eigenvalue weighted by Gasteiger charge is 2.08. The number of nitrogen functional groups attached to an aromatic ring is 1. The highest BCUT2D eigenvalue weighted by molar-refractivity contribution is 5.96. The van der Waals surface area contributed by atoms with Gasteiger partial charge >= 0.3 is 0 Å². The Balaban J connectivity index is 3.10. The number of nitrogens with two attached hydrogens (primary N) is 2. The number of benzene rings is 1. The van der Waals surface area contributed by atoms with Gasteiger partial charge in [-0.3, -0.25) is 4.79 Å². The summed E-state index contributed by atoms with van der Waals surface area (Å²) in [7, 11) is 0. The number of hydrogen-bond donors (Lipinski definition) is 2. The third kappa shape index (κ3) is 2.11. The summed E-state index contributed by atoms with van der Waals surface area (Å²) in [5.41, 5.74) is 11.5. The molecule has 1 rings (SSSR count). The fraction of sp³-hybridized carbons (Fsp3) is 0.222. The number of anilines is 1. The fourth-order valence-corrected chi connectivity index (χ4v) is 1.02. The molecule has 4 N–H and O–H groups in total. The Kier molecular flexibility index (Phi) is 2.74. The average molecular weight is 180 g/mol. The quantitative estimate of drug-likeness (QED) is 0.674. The first-order chi connectivity index (χ1) is 6.15. The molecule has 0 aromatic heterocycles. The minimum atomic E-state index is -0.532. The number of primary amides is 1. The molecule has 0 unspecified atom stereocenters. The molecule has 0 saturated carbocycles. The van der Waals surface area contributed by atoms with Crippen LogP contribution in [-0.2, 0) is 0 Å². The summed E-state index contributed by atoms with van der Waals surface area (Å²) in [6, 6.07) is 4.81. The molecule has 0 aliphatic rings. The van der Waals surface area contributed by atoms with Gasteiger partial charge in [-0.05, 0) is 25.1 Å². The Labute approximate surface area is 76.5 Å². The van der Waals surface area contributed by atoms with Crippen LogP contribution in [0.2, 0.25) is 0 Å². The molecule has 4 heteroatoms. The van der Waals surface area contributed by atoms with Crippen LogP contribution in [0.15, 0.2) is 18.2 Å². The molecule has 0 spiro atoms. The summed E-state index contributed by atoms with van der Waals surface area (Å²) in [6.07, 6.45) is 0. The van der Waals surface area contributed by atoms with E-state index in [9.17, 15) is 4.79 Å². The molecule has 0 heterocycles. The first kappa shape index (κ1) is 9.38. The summed E-state index contributed by atoms with van der Waals surface area (Å²) in [5.74, 6) is -0.0556. The van der Waals surface area contributed by atoms with Crippen molar-refractivity contribution in [2.24, 2.45) is 5.73 Å². The first-order valence-electron chi connectivity index (χ1n) is 3.97. The van der Waals surface area contributed by atoms with Crippen LogP contribution in [0.4, 0.5) is 5.69 Å². The van der Waals surface area contributed by atoms with Crippen molar-refractivity contribution in [2.45, 2.75) is 6.92 Å². The summed E-state index contributed by atoms with van der Waals surface area (Å²) in [5, 5.41) is 0. The van der Waals surface area contributed by atoms with Crippen molar-refractivity contribution in [1.82, 2.24) is 0 Å². The number of rotatable bonds is 3. The Bertz CT molecular complexity index is 323. The third-order valence-corrected chi connectivity index (χ3v) is 1.57. The molecule has 0 bridgehead atoms. The van der Waals surface area contributed by atoms with Gasteiger partial charge in [0.1, 0.15) is 5.75 Å². The van der Waals surface area contributed by atoms with Gasteiger partial charge in [0.25, 0.3) is 5.91 Å². The smallest absolute Gasteiger partial charge is 0.252 e. The van der Waals surface area contributed by atoms with Crippen LogP contribution < -0.4 is 16.2 Å². The molecule has 0 radical (unpaired) electrons. The van der Waals surface area contributed by atoms with E-state index in [0.29, 0.717) is 23.6 Å². The van der Waals surface area contributed by atoms with Crippen molar-refractivity contribution in [1.29, 1.82) is 0 Å². The van der Waals surface area contributed by atoms with E-state index < -0.39 is 5.91 Å². The molecule has 0 aliphatic carbocycles. The van der Waals surface area contributed by atoms with Gasteiger partial charge in [0, 0.05) is 5.69 Å². The van der Waals surface area contributed by atoms with Gasteiger partial charge in [0.05, 0.1) is 12.2 Å². The van der Waals surface area contributed by atoms with E-state index >= 15 is 0 Å². The van der Waals surface area contributed by atoms with Crippen LogP contribution in [0, 0.1) is 0 Å². The lowest BCUT2D eigenvalue weighted by Crippen LogP contribution is -2.13. The zero-order chi connectivity index (χ0) is 9.84. The zero-order valence-corrected chi connectivity index (χ0v) is 7.41. The maximum atomic E-state index is 10.9. The van der Waals surface area contributed by atoms with Gasteiger partial charge < -0.3 is 16.2 Å². The number of amides is 1. The van der Waals surface area contributed by atoms with Crippen molar-refractivity contribution >= 4 is 11.6 Å². The zero-order valence-electron chi connectivity index (χ0n) is 7.41. The predicted molar refractivity (Wildman–Crippen MR) is 50.5 cm³/mol. The lowest BCUT2D eigenvalue weighted by Gasteiger charge is -2.07. The highest BCUT2D eigenvalue weighted by Crippen LogP contribution is 2.20. The molecule has 0 saturated heterocycles. The number of carbonyl (C=O) groups excluding carboxylic acids is 1. The highest BCUT2D eigenvalue weighted by atomic mass is 16.5. The van der Waals surface area contributed by atoms with Crippen LogP contribution in [0.25, 0.3) is 0 Å². The molecular formula is C9H12N2O2. The van der Waals surface area contributed by atoms with Crippen molar-refractivity contribution in [3.63, 3.8) is 0 Å². The minimum absolute atomic E-state index is 0.321. The predicted octanol–water partition coefficient (Wildman–Crippen LogP) is 0.766. The molecule has 13 heavy (non-hydrogen) atoms. The van der Waals surface area contributed by atoms with Crippen molar-refractivity contribution in [2.75, 3.05) is 12.3 Å². The lowest BCUT2D eigenvalue weighted by atomic mass is 10.1. The van der Waals surface area contributed by atoms with E-state index in [0.717, 1.165) is 0 Å². The first-order valence-corrected chi connectivity index (χ1v) is 3.97. The fourth-order valence-electron chi connectivity index (χ4n) is 1.02. The molecule has 4 nitrogen and oxygen atoms in total. The number of ether oxygens (including phenoxy) is 1. The molecule has 1 amide bonds. The molecule has 0 aliphatic heterocycles. The molecule has 70 valence electrons. The maximum absolute atomic E-state index is 10.9. The average Bonchev–Trinajstić information content (AvgIpc) is 2.08. The molecule has 0 atom stereocenters. The standard InChI is InChI=1S/C9H12N2O2/c1-2-13-8-4-3-6(10)5-7(8)9(11)12/h3-5H,2,10H2,1H3,(H2,11,12). The lowest BCUT2D eigenvalue weighted by molar-refractivity contribution is 0.0996. The normalized spacial score (nSPS) is 9.62. The van der Waals surface area contributed by atoms with Gasteiger partial charge in [-0.2, -0.15) is 0 Å². The van der Waals surface area contributed by atoms with E-state index in [1.165, 1.54) is 6.07 Å².